The molecule has 3 aromatic rings. The summed E-state index contributed by atoms with van der Waals surface area (Å²) in [5.41, 5.74) is 4.52. The predicted octanol–water partition coefficient (Wildman–Crippen LogP) is 3.47. The number of nitrogens with zero attached hydrogens (tertiary/aromatic N) is 3. The maximum atomic E-state index is 12.7. The van der Waals surface area contributed by atoms with E-state index in [4.69, 9.17) is 0 Å². The Hall–Kier alpha value is -2.60. The van der Waals surface area contributed by atoms with Crippen LogP contribution in [-0.4, -0.2) is 25.9 Å². The van der Waals surface area contributed by atoms with Gasteiger partial charge in [-0.25, -0.2) is 9.67 Å². The van der Waals surface area contributed by atoms with Gasteiger partial charge in [0.25, 0.3) is 0 Å². The van der Waals surface area contributed by atoms with Crippen LogP contribution in [0.15, 0.2) is 60.0 Å². The zero-order chi connectivity index (χ0) is 18.1. The molecule has 1 aromatic heterocycles. The third-order valence-electron chi connectivity index (χ3n) is 4.62. The highest BCUT2D eigenvalue weighted by atomic mass is 32.2. The molecule has 0 aliphatic carbocycles. The van der Waals surface area contributed by atoms with E-state index in [1.807, 2.05) is 31.2 Å². The third-order valence-corrected chi connectivity index (χ3v) is 5.92. The lowest BCUT2D eigenvalue weighted by Gasteiger charge is -2.17. The van der Waals surface area contributed by atoms with Gasteiger partial charge in [-0.1, -0.05) is 29.8 Å². The molecule has 0 radical (unpaired) electrons. The van der Waals surface area contributed by atoms with E-state index in [0.29, 0.717) is 0 Å². The van der Waals surface area contributed by atoms with Gasteiger partial charge in [-0.2, -0.15) is 5.10 Å². The average Bonchev–Trinajstić information content (AvgIpc) is 3.31. The second-order valence-corrected chi connectivity index (χ2v) is 7.83. The van der Waals surface area contributed by atoms with E-state index in [-0.39, 0.29) is 17.2 Å². The first-order chi connectivity index (χ1) is 12.6. The smallest absolute Gasteiger partial charge is 0.234 e. The number of benzene rings is 2. The number of hydrogen-bond donors (Lipinski definition) is 1. The maximum Gasteiger partial charge on any atom is 0.234 e. The monoisotopic (exact) mass is 364 g/mol. The summed E-state index contributed by atoms with van der Waals surface area (Å²) in [5, 5.41) is 7.22. The van der Waals surface area contributed by atoms with Crippen molar-refractivity contribution in [3.05, 3.63) is 71.8 Å². The molecule has 1 N–H and O–H groups in total. The zero-order valence-electron chi connectivity index (χ0n) is 14.7. The maximum absolute atomic E-state index is 12.7. The molecule has 132 valence electrons. The van der Waals surface area contributed by atoms with Crippen LogP contribution < -0.4 is 5.32 Å². The van der Waals surface area contributed by atoms with Crippen LogP contribution in [0.3, 0.4) is 0 Å². The Bertz CT molecular complexity index is 921. The molecule has 1 aliphatic rings. The Kier molecular flexibility index (Phi) is 4.51. The SMILES string of the molecule is Cc1ccc2c(c1)S[C@H](C(=O)N[C@@H](C)c1ccc(-n3cncn3)cc1)C2. The van der Waals surface area contributed by atoms with Crippen molar-refractivity contribution in [1.82, 2.24) is 20.1 Å². The molecule has 4 rings (SSSR count). The molecule has 0 saturated heterocycles. The van der Waals surface area contributed by atoms with Crippen molar-refractivity contribution in [2.75, 3.05) is 0 Å². The number of aryl methyl sites for hydroxylation is 1. The largest absolute Gasteiger partial charge is 0.349 e. The summed E-state index contributed by atoms with van der Waals surface area (Å²) in [5.74, 6) is 0.0942. The molecular weight excluding hydrogens is 344 g/mol. The number of nitrogens with one attached hydrogen (secondary N) is 1. The van der Waals surface area contributed by atoms with Crippen LogP contribution in [-0.2, 0) is 11.2 Å². The van der Waals surface area contributed by atoms with Crippen LogP contribution in [0.25, 0.3) is 5.69 Å². The van der Waals surface area contributed by atoms with E-state index in [1.165, 1.54) is 22.3 Å². The molecule has 1 aliphatic heterocycles. The molecule has 0 unspecified atom stereocenters. The van der Waals surface area contributed by atoms with Crippen molar-refractivity contribution < 1.29 is 4.79 Å². The molecule has 0 fully saturated rings. The molecule has 2 atom stereocenters. The molecule has 0 spiro atoms. The van der Waals surface area contributed by atoms with Crippen molar-refractivity contribution in [1.29, 1.82) is 0 Å². The van der Waals surface area contributed by atoms with Gasteiger partial charge in [0, 0.05) is 4.90 Å². The Balaban J connectivity index is 1.40. The highest BCUT2D eigenvalue weighted by molar-refractivity contribution is 8.01. The predicted molar refractivity (Wildman–Crippen MR) is 102 cm³/mol. The number of carbonyl (C=O) groups is 1. The van der Waals surface area contributed by atoms with E-state index in [1.54, 1.807) is 22.8 Å². The van der Waals surface area contributed by atoms with E-state index in [2.05, 4.69) is 40.5 Å². The van der Waals surface area contributed by atoms with Gasteiger partial charge in [-0.3, -0.25) is 4.79 Å². The molecule has 0 bridgehead atoms. The molecule has 5 nitrogen and oxygen atoms in total. The molecular formula is C20H20N4OS. The number of amides is 1. The Morgan fingerprint density at radius 1 is 1.27 bits per heavy atom. The van der Waals surface area contributed by atoms with Crippen molar-refractivity contribution in [3.8, 4) is 5.69 Å². The van der Waals surface area contributed by atoms with Crippen molar-refractivity contribution in [2.24, 2.45) is 0 Å². The van der Waals surface area contributed by atoms with Gasteiger partial charge in [-0.15, -0.1) is 11.8 Å². The number of rotatable bonds is 4. The van der Waals surface area contributed by atoms with Gasteiger partial charge >= 0.3 is 0 Å². The van der Waals surface area contributed by atoms with E-state index in [0.717, 1.165) is 17.7 Å². The van der Waals surface area contributed by atoms with Crippen LogP contribution in [0.5, 0.6) is 0 Å². The van der Waals surface area contributed by atoms with Gasteiger partial charge in [0.15, 0.2) is 0 Å². The molecule has 2 heterocycles. The first-order valence-corrected chi connectivity index (χ1v) is 9.49. The fourth-order valence-corrected chi connectivity index (χ4v) is 4.43. The van der Waals surface area contributed by atoms with Crippen LogP contribution >= 0.6 is 11.8 Å². The van der Waals surface area contributed by atoms with E-state index < -0.39 is 0 Å². The lowest BCUT2D eigenvalue weighted by molar-refractivity contribution is -0.121. The Morgan fingerprint density at radius 2 is 2.08 bits per heavy atom. The fourth-order valence-electron chi connectivity index (χ4n) is 3.13. The molecule has 1 amide bonds. The lowest BCUT2D eigenvalue weighted by Crippen LogP contribution is -2.34. The second-order valence-electron chi connectivity index (χ2n) is 6.58. The minimum Gasteiger partial charge on any atom is -0.349 e. The molecule has 6 heteroatoms. The molecule has 2 aromatic carbocycles. The zero-order valence-corrected chi connectivity index (χ0v) is 15.5. The van der Waals surface area contributed by atoms with Gasteiger partial charge in [-0.05, 0) is 49.6 Å². The van der Waals surface area contributed by atoms with Crippen LogP contribution in [0, 0.1) is 6.92 Å². The van der Waals surface area contributed by atoms with Crippen molar-refractivity contribution in [3.63, 3.8) is 0 Å². The van der Waals surface area contributed by atoms with E-state index >= 15 is 0 Å². The Morgan fingerprint density at radius 3 is 2.81 bits per heavy atom. The van der Waals surface area contributed by atoms with Gasteiger partial charge in [0.2, 0.25) is 5.91 Å². The summed E-state index contributed by atoms with van der Waals surface area (Å²) >= 11 is 1.67. The van der Waals surface area contributed by atoms with Gasteiger partial charge in [0.1, 0.15) is 12.7 Å². The minimum atomic E-state index is -0.0522. The summed E-state index contributed by atoms with van der Waals surface area (Å²) < 4.78 is 1.71. The van der Waals surface area contributed by atoms with Crippen molar-refractivity contribution >= 4 is 17.7 Å². The average molecular weight is 364 g/mol. The topological polar surface area (TPSA) is 59.8 Å². The van der Waals surface area contributed by atoms with Gasteiger partial charge < -0.3 is 5.32 Å². The number of fused-ring (bicyclic) bond motifs is 1. The number of hydrogen-bond acceptors (Lipinski definition) is 4. The summed E-state index contributed by atoms with van der Waals surface area (Å²) in [6.45, 7) is 4.10. The highest BCUT2D eigenvalue weighted by Gasteiger charge is 2.29. The second kappa shape index (κ2) is 6.96. The first-order valence-electron chi connectivity index (χ1n) is 8.61. The number of carbonyl (C=O) groups excluding carboxylic acids is 1. The first kappa shape index (κ1) is 16.8. The van der Waals surface area contributed by atoms with Crippen LogP contribution in [0.2, 0.25) is 0 Å². The standard InChI is InChI=1S/C20H20N4OS/c1-13-3-4-16-10-19(26-18(16)9-13)20(25)23-14(2)15-5-7-17(8-6-15)24-12-21-11-22-24/h3-9,11-12,14,19H,10H2,1-2H3,(H,23,25)/t14-,19-/m0/s1. The van der Waals surface area contributed by atoms with Crippen molar-refractivity contribution in [2.45, 2.75) is 36.5 Å². The lowest BCUT2D eigenvalue weighted by atomic mass is 10.1. The van der Waals surface area contributed by atoms with Gasteiger partial charge in [0.05, 0.1) is 17.0 Å². The minimum absolute atomic E-state index is 0.0432. The summed E-state index contributed by atoms with van der Waals surface area (Å²) in [4.78, 5) is 17.9. The normalized spacial score (nSPS) is 16.9. The summed E-state index contributed by atoms with van der Waals surface area (Å²) in [6, 6.07) is 14.4. The molecule has 26 heavy (non-hydrogen) atoms. The van der Waals surface area contributed by atoms with Crippen LogP contribution in [0.4, 0.5) is 0 Å². The number of thioether (sulfide) groups is 1. The fraction of sp³-hybridized carbons (Fsp3) is 0.250. The Labute approximate surface area is 156 Å². The summed E-state index contributed by atoms with van der Waals surface area (Å²) in [7, 11) is 0. The highest BCUT2D eigenvalue weighted by Crippen LogP contribution is 2.37. The van der Waals surface area contributed by atoms with Crippen LogP contribution in [0.1, 0.15) is 29.7 Å². The molecule has 0 saturated carbocycles. The summed E-state index contributed by atoms with van der Waals surface area (Å²) in [6.07, 6.45) is 3.97. The van der Waals surface area contributed by atoms with E-state index in [9.17, 15) is 4.79 Å². The quantitative estimate of drug-likeness (QED) is 0.770. The number of aromatic nitrogens is 3. The third kappa shape index (κ3) is 3.37.